The van der Waals surface area contributed by atoms with Gasteiger partial charge in [0.1, 0.15) is 0 Å². The molecule has 0 unspecified atom stereocenters. The van der Waals surface area contributed by atoms with E-state index >= 15 is 0 Å². The second-order valence-corrected chi connectivity index (χ2v) is 8.46. The summed E-state index contributed by atoms with van der Waals surface area (Å²) in [7, 11) is 0. The molecular weight excluding hydrogens is 420 g/mol. The Labute approximate surface area is 173 Å². The largest absolute Gasteiger partial charge is 0.329 e. The van der Waals surface area contributed by atoms with Crippen molar-refractivity contribution in [3.05, 3.63) is 57.2 Å². The number of nitrogens with one attached hydrogen (secondary N) is 2. The van der Waals surface area contributed by atoms with E-state index in [9.17, 15) is 14.4 Å². The van der Waals surface area contributed by atoms with Gasteiger partial charge in [-0.25, -0.2) is 9.78 Å². The average molecular weight is 433 g/mol. The van der Waals surface area contributed by atoms with E-state index in [1.165, 1.54) is 22.7 Å². The minimum absolute atomic E-state index is 0.0260. The van der Waals surface area contributed by atoms with Crippen molar-refractivity contribution in [1.82, 2.24) is 15.2 Å². The Kier molecular flexibility index (Phi) is 5.12. The molecule has 4 amide bonds. The van der Waals surface area contributed by atoms with Crippen LogP contribution in [0.25, 0.3) is 10.6 Å². The Morgan fingerprint density at radius 1 is 1.25 bits per heavy atom. The fraction of sp³-hybridized carbons (Fsp3) is 0.111. The van der Waals surface area contributed by atoms with Gasteiger partial charge in [0.25, 0.3) is 5.91 Å². The highest BCUT2D eigenvalue weighted by atomic mass is 35.5. The Balaban J connectivity index is 1.52. The molecule has 4 rings (SSSR count). The van der Waals surface area contributed by atoms with Gasteiger partial charge in [0, 0.05) is 10.9 Å². The lowest BCUT2D eigenvalue weighted by Gasteiger charge is -2.15. The zero-order valence-corrected chi connectivity index (χ0v) is 16.7. The smallest absolute Gasteiger partial charge is 0.324 e. The molecule has 1 fully saturated rings. The highest BCUT2D eigenvalue weighted by molar-refractivity contribution is 7.20. The molecule has 28 heavy (non-hydrogen) atoms. The summed E-state index contributed by atoms with van der Waals surface area (Å²) in [5.74, 6) is -0.674. The van der Waals surface area contributed by atoms with Gasteiger partial charge in [-0.15, -0.1) is 22.7 Å². The third-order valence-electron chi connectivity index (χ3n) is 4.08. The molecule has 3 heterocycles. The fourth-order valence-corrected chi connectivity index (χ4v) is 4.51. The van der Waals surface area contributed by atoms with E-state index in [1.54, 1.807) is 30.3 Å². The van der Waals surface area contributed by atoms with Crippen LogP contribution >= 0.6 is 34.3 Å². The first-order valence-electron chi connectivity index (χ1n) is 8.20. The number of benzene rings is 1. The minimum Gasteiger partial charge on any atom is -0.329 e. The zero-order valence-electron chi connectivity index (χ0n) is 14.3. The van der Waals surface area contributed by atoms with Gasteiger partial charge >= 0.3 is 6.03 Å². The second kappa shape index (κ2) is 7.70. The third kappa shape index (κ3) is 3.77. The van der Waals surface area contributed by atoms with Crippen LogP contribution in [-0.2, 0) is 11.3 Å². The molecule has 1 aliphatic rings. The SMILES string of the molecule is O=C(Nc1nc(-c2ccc(Cl)s2)cs1)c1ccccc1CN1C(=O)CNC1=O. The van der Waals surface area contributed by atoms with Crippen molar-refractivity contribution in [3.8, 4) is 10.6 Å². The van der Waals surface area contributed by atoms with E-state index in [2.05, 4.69) is 15.6 Å². The van der Waals surface area contributed by atoms with Crippen molar-refractivity contribution in [2.45, 2.75) is 6.54 Å². The maximum absolute atomic E-state index is 12.8. The first kappa shape index (κ1) is 18.6. The van der Waals surface area contributed by atoms with Crippen molar-refractivity contribution < 1.29 is 14.4 Å². The second-order valence-electron chi connectivity index (χ2n) is 5.89. The molecule has 0 saturated carbocycles. The summed E-state index contributed by atoms with van der Waals surface area (Å²) >= 11 is 8.68. The first-order valence-corrected chi connectivity index (χ1v) is 10.3. The van der Waals surface area contributed by atoms with E-state index in [-0.39, 0.29) is 24.9 Å². The van der Waals surface area contributed by atoms with Crippen molar-refractivity contribution in [1.29, 1.82) is 0 Å². The Morgan fingerprint density at radius 2 is 2.07 bits per heavy atom. The molecule has 1 aliphatic heterocycles. The summed E-state index contributed by atoms with van der Waals surface area (Å²) in [6.45, 7) is 0.00684. The van der Waals surface area contributed by atoms with Crippen LogP contribution in [0.4, 0.5) is 9.93 Å². The van der Waals surface area contributed by atoms with Gasteiger partial charge in [-0.2, -0.15) is 0 Å². The first-order chi connectivity index (χ1) is 13.5. The number of urea groups is 1. The average Bonchev–Trinajstić information content (AvgIpc) is 3.39. The molecule has 3 aromatic rings. The normalized spacial score (nSPS) is 13.7. The minimum atomic E-state index is -0.459. The van der Waals surface area contributed by atoms with Gasteiger partial charge in [-0.3, -0.25) is 19.8 Å². The van der Waals surface area contributed by atoms with Crippen LogP contribution in [-0.4, -0.2) is 34.3 Å². The number of aromatic nitrogens is 1. The van der Waals surface area contributed by atoms with Crippen molar-refractivity contribution in [3.63, 3.8) is 0 Å². The predicted octanol–water partition coefficient (Wildman–Crippen LogP) is 3.83. The Bertz CT molecular complexity index is 1060. The lowest BCUT2D eigenvalue weighted by atomic mass is 10.1. The van der Waals surface area contributed by atoms with E-state index in [0.29, 0.717) is 20.6 Å². The van der Waals surface area contributed by atoms with Gasteiger partial charge in [0.2, 0.25) is 5.91 Å². The van der Waals surface area contributed by atoms with E-state index in [1.807, 2.05) is 11.4 Å². The highest BCUT2D eigenvalue weighted by Gasteiger charge is 2.29. The molecule has 0 bridgehead atoms. The topological polar surface area (TPSA) is 91.4 Å². The summed E-state index contributed by atoms with van der Waals surface area (Å²) in [4.78, 5) is 42.8. The molecule has 1 aromatic carbocycles. The monoisotopic (exact) mass is 432 g/mol. The van der Waals surface area contributed by atoms with E-state index in [4.69, 9.17) is 11.6 Å². The third-order valence-corrected chi connectivity index (χ3v) is 6.09. The van der Waals surface area contributed by atoms with E-state index < -0.39 is 6.03 Å². The molecule has 10 heteroatoms. The van der Waals surface area contributed by atoms with Gasteiger partial charge in [0.15, 0.2) is 5.13 Å². The number of thiophene rings is 1. The van der Waals surface area contributed by atoms with Gasteiger partial charge < -0.3 is 5.32 Å². The quantitative estimate of drug-likeness (QED) is 0.599. The molecule has 7 nitrogen and oxygen atoms in total. The molecular formula is C18H13ClN4O3S2. The van der Waals surface area contributed by atoms with Crippen LogP contribution in [0.15, 0.2) is 41.8 Å². The van der Waals surface area contributed by atoms with Crippen molar-refractivity contribution in [2.75, 3.05) is 11.9 Å². The molecule has 0 aliphatic carbocycles. The molecule has 0 atom stereocenters. The summed E-state index contributed by atoms with van der Waals surface area (Å²) in [6.07, 6.45) is 0. The number of thiazole rings is 1. The van der Waals surface area contributed by atoms with Crippen LogP contribution in [0.2, 0.25) is 4.34 Å². The summed E-state index contributed by atoms with van der Waals surface area (Å²) in [5, 5.41) is 7.54. The van der Waals surface area contributed by atoms with Crippen LogP contribution in [0.3, 0.4) is 0 Å². The van der Waals surface area contributed by atoms with E-state index in [0.717, 1.165) is 15.5 Å². The fourth-order valence-electron chi connectivity index (χ4n) is 2.73. The lowest BCUT2D eigenvalue weighted by Crippen LogP contribution is -2.31. The number of carbonyl (C=O) groups is 3. The maximum atomic E-state index is 12.8. The standard InChI is InChI=1S/C18H13ClN4O3S2/c19-14-6-5-13(28-14)12-9-27-17(21-12)22-16(25)11-4-2-1-3-10(11)8-23-15(24)7-20-18(23)26/h1-6,9H,7-8H2,(H,20,26)(H,21,22,25). The number of carbonyl (C=O) groups excluding carboxylic acids is 3. The van der Waals surface area contributed by atoms with Crippen LogP contribution in [0.5, 0.6) is 0 Å². The Hall–Kier alpha value is -2.75. The van der Waals surface area contributed by atoms with Crippen molar-refractivity contribution >= 4 is 57.3 Å². The Morgan fingerprint density at radius 3 is 2.79 bits per heavy atom. The lowest BCUT2D eigenvalue weighted by molar-refractivity contribution is -0.125. The van der Waals surface area contributed by atoms with Crippen LogP contribution in [0.1, 0.15) is 15.9 Å². The number of imide groups is 1. The number of halogens is 1. The van der Waals surface area contributed by atoms with Gasteiger partial charge in [-0.1, -0.05) is 29.8 Å². The maximum Gasteiger partial charge on any atom is 0.324 e. The summed E-state index contributed by atoms with van der Waals surface area (Å²) in [5.41, 5.74) is 1.70. The molecule has 2 aromatic heterocycles. The van der Waals surface area contributed by atoms with Crippen LogP contribution < -0.4 is 10.6 Å². The van der Waals surface area contributed by atoms with Crippen molar-refractivity contribution in [2.24, 2.45) is 0 Å². The summed E-state index contributed by atoms with van der Waals surface area (Å²) in [6, 6.07) is 10.1. The molecule has 0 spiro atoms. The molecule has 0 radical (unpaired) electrons. The van der Waals surface area contributed by atoms with Gasteiger partial charge in [0.05, 0.1) is 28.0 Å². The summed E-state index contributed by atoms with van der Waals surface area (Å²) < 4.78 is 0.669. The molecule has 142 valence electrons. The predicted molar refractivity (Wildman–Crippen MR) is 109 cm³/mol. The molecule has 1 saturated heterocycles. The highest BCUT2D eigenvalue weighted by Crippen LogP contribution is 2.33. The zero-order chi connectivity index (χ0) is 19.7. The number of rotatable bonds is 5. The number of nitrogens with zero attached hydrogens (tertiary/aromatic N) is 2. The number of anilines is 1. The number of hydrogen-bond donors (Lipinski definition) is 2. The van der Waals surface area contributed by atoms with Crippen LogP contribution in [0, 0.1) is 0 Å². The number of hydrogen-bond acceptors (Lipinski definition) is 6. The van der Waals surface area contributed by atoms with Gasteiger partial charge in [-0.05, 0) is 23.8 Å². The molecule has 2 N–H and O–H groups in total. The number of amides is 4.